The van der Waals surface area contributed by atoms with Crippen molar-refractivity contribution in [2.45, 2.75) is 31.9 Å². The monoisotopic (exact) mass is 331 g/mol. The molecule has 20 heavy (non-hydrogen) atoms. The van der Waals surface area contributed by atoms with Crippen LogP contribution in [0.15, 0.2) is 46.9 Å². The van der Waals surface area contributed by atoms with Gasteiger partial charge in [-0.2, -0.15) is 0 Å². The normalized spacial score (nSPS) is 17.6. The molecule has 3 rings (SSSR count). The van der Waals surface area contributed by atoms with E-state index in [0.29, 0.717) is 6.61 Å². The summed E-state index contributed by atoms with van der Waals surface area (Å²) in [5, 5.41) is 0. The number of fused-ring (bicyclic) bond motifs is 1. The maximum atomic E-state index is 6.18. The maximum Gasteiger partial charge on any atom is 0.120 e. The Balaban J connectivity index is 1.72. The van der Waals surface area contributed by atoms with Gasteiger partial charge in [0.25, 0.3) is 0 Å². The van der Waals surface area contributed by atoms with Crippen molar-refractivity contribution >= 4 is 15.9 Å². The van der Waals surface area contributed by atoms with Crippen LogP contribution in [0.2, 0.25) is 0 Å². The van der Waals surface area contributed by atoms with Crippen LogP contribution >= 0.6 is 15.9 Å². The molecule has 0 unspecified atom stereocenters. The minimum Gasteiger partial charge on any atom is -0.489 e. The van der Waals surface area contributed by atoms with Gasteiger partial charge in [0.1, 0.15) is 12.4 Å². The summed E-state index contributed by atoms with van der Waals surface area (Å²) in [4.78, 5) is 0. The summed E-state index contributed by atoms with van der Waals surface area (Å²) >= 11 is 3.43. The van der Waals surface area contributed by atoms with Gasteiger partial charge in [0.05, 0.1) is 0 Å². The van der Waals surface area contributed by atoms with Crippen molar-refractivity contribution < 1.29 is 4.74 Å². The number of ether oxygens (including phenoxy) is 1. The maximum absolute atomic E-state index is 6.18. The van der Waals surface area contributed by atoms with Crippen LogP contribution in [0.3, 0.4) is 0 Å². The van der Waals surface area contributed by atoms with Gasteiger partial charge < -0.3 is 10.5 Å². The van der Waals surface area contributed by atoms with Crippen LogP contribution in [0.1, 0.15) is 35.6 Å². The van der Waals surface area contributed by atoms with Gasteiger partial charge in [-0.1, -0.05) is 34.1 Å². The van der Waals surface area contributed by atoms with E-state index in [1.165, 1.54) is 17.5 Å². The first-order valence-corrected chi connectivity index (χ1v) is 7.77. The van der Waals surface area contributed by atoms with Crippen LogP contribution in [0.4, 0.5) is 0 Å². The van der Waals surface area contributed by atoms with Crippen molar-refractivity contribution in [2.24, 2.45) is 5.73 Å². The molecule has 0 saturated carbocycles. The van der Waals surface area contributed by atoms with E-state index in [1.807, 2.05) is 12.1 Å². The zero-order chi connectivity index (χ0) is 13.9. The standard InChI is InChI=1S/C17H18BrNO/c18-14-7-4-12(5-8-14)11-20-15-9-6-13-2-1-3-17(19)16(13)10-15/h4-10,17H,1-3,11,19H2/t17-/m1/s1. The predicted molar refractivity (Wildman–Crippen MR) is 84.8 cm³/mol. The first kappa shape index (κ1) is 13.7. The summed E-state index contributed by atoms with van der Waals surface area (Å²) in [5.74, 6) is 0.906. The highest BCUT2D eigenvalue weighted by molar-refractivity contribution is 9.10. The highest BCUT2D eigenvalue weighted by Crippen LogP contribution is 2.31. The summed E-state index contributed by atoms with van der Waals surface area (Å²) in [5.41, 5.74) is 9.97. The van der Waals surface area contributed by atoms with E-state index in [0.717, 1.165) is 28.6 Å². The van der Waals surface area contributed by atoms with E-state index in [9.17, 15) is 0 Å². The van der Waals surface area contributed by atoms with Crippen LogP contribution in [-0.2, 0) is 13.0 Å². The average Bonchev–Trinajstić information content (AvgIpc) is 2.47. The quantitative estimate of drug-likeness (QED) is 0.906. The molecule has 0 aromatic heterocycles. The van der Waals surface area contributed by atoms with Crippen LogP contribution < -0.4 is 10.5 Å². The molecule has 1 atom stereocenters. The molecular weight excluding hydrogens is 314 g/mol. The summed E-state index contributed by atoms with van der Waals surface area (Å²) in [7, 11) is 0. The van der Waals surface area contributed by atoms with Gasteiger partial charge in [-0.3, -0.25) is 0 Å². The lowest BCUT2D eigenvalue weighted by Gasteiger charge is -2.22. The molecule has 3 heteroatoms. The second-order valence-corrected chi connectivity index (χ2v) is 6.19. The molecule has 0 amide bonds. The van der Waals surface area contributed by atoms with E-state index in [1.54, 1.807) is 0 Å². The molecule has 1 aliphatic carbocycles. The molecule has 1 aliphatic rings. The molecule has 2 nitrogen and oxygen atoms in total. The Hall–Kier alpha value is -1.32. The molecule has 0 spiro atoms. The Morgan fingerprint density at radius 3 is 2.75 bits per heavy atom. The minimum atomic E-state index is 0.162. The van der Waals surface area contributed by atoms with Crippen LogP contribution in [-0.4, -0.2) is 0 Å². The van der Waals surface area contributed by atoms with E-state index < -0.39 is 0 Å². The predicted octanol–water partition coefficient (Wildman–Crippen LogP) is 4.36. The molecule has 0 saturated heterocycles. The number of halogens is 1. The van der Waals surface area contributed by atoms with Crippen LogP contribution in [0.25, 0.3) is 0 Å². The van der Waals surface area contributed by atoms with Crippen molar-refractivity contribution in [3.05, 3.63) is 63.6 Å². The van der Waals surface area contributed by atoms with Crippen LogP contribution in [0.5, 0.6) is 5.75 Å². The molecule has 0 radical (unpaired) electrons. The second kappa shape index (κ2) is 5.98. The number of rotatable bonds is 3. The number of hydrogen-bond donors (Lipinski definition) is 1. The summed E-state index contributed by atoms with van der Waals surface area (Å²) in [6.07, 6.45) is 3.40. The first-order valence-electron chi connectivity index (χ1n) is 6.98. The third kappa shape index (κ3) is 3.05. The fourth-order valence-electron chi connectivity index (χ4n) is 2.65. The molecular formula is C17H18BrNO. The lowest BCUT2D eigenvalue weighted by molar-refractivity contribution is 0.305. The molecule has 2 aromatic rings. The highest BCUT2D eigenvalue weighted by atomic mass is 79.9. The van der Waals surface area contributed by atoms with Gasteiger partial charge in [-0.05, 0) is 60.2 Å². The SMILES string of the molecule is N[C@@H]1CCCc2ccc(OCc3ccc(Br)cc3)cc21. The third-order valence-corrected chi connectivity index (χ3v) is 4.33. The molecule has 0 fully saturated rings. The molecule has 2 N–H and O–H groups in total. The largest absolute Gasteiger partial charge is 0.489 e. The Bertz CT molecular complexity index is 594. The third-order valence-electron chi connectivity index (χ3n) is 3.80. The topological polar surface area (TPSA) is 35.2 Å². The zero-order valence-electron chi connectivity index (χ0n) is 11.3. The molecule has 0 heterocycles. The van der Waals surface area contributed by atoms with Crippen molar-refractivity contribution in [1.29, 1.82) is 0 Å². The minimum absolute atomic E-state index is 0.162. The van der Waals surface area contributed by atoms with E-state index in [-0.39, 0.29) is 6.04 Å². The van der Waals surface area contributed by atoms with Crippen molar-refractivity contribution in [1.82, 2.24) is 0 Å². The Labute approximate surface area is 128 Å². The lowest BCUT2D eigenvalue weighted by atomic mass is 9.88. The fourth-order valence-corrected chi connectivity index (χ4v) is 2.92. The Morgan fingerprint density at radius 1 is 1.15 bits per heavy atom. The van der Waals surface area contributed by atoms with Gasteiger partial charge in [0.2, 0.25) is 0 Å². The van der Waals surface area contributed by atoms with Gasteiger partial charge >= 0.3 is 0 Å². The number of nitrogens with two attached hydrogens (primary N) is 1. The number of aryl methyl sites for hydroxylation is 1. The Morgan fingerprint density at radius 2 is 1.95 bits per heavy atom. The van der Waals surface area contributed by atoms with Gasteiger partial charge in [0.15, 0.2) is 0 Å². The van der Waals surface area contributed by atoms with Crippen molar-refractivity contribution in [3.63, 3.8) is 0 Å². The van der Waals surface area contributed by atoms with E-state index in [2.05, 4.69) is 46.3 Å². The van der Waals surface area contributed by atoms with Crippen molar-refractivity contribution in [2.75, 3.05) is 0 Å². The first-order chi connectivity index (χ1) is 9.72. The van der Waals surface area contributed by atoms with E-state index >= 15 is 0 Å². The highest BCUT2D eigenvalue weighted by Gasteiger charge is 2.17. The number of hydrogen-bond acceptors (Lipinski definition) is 2. The summed E-state index contributed by atoms with van der Waals surface area (Å²) in [6.45, 7) is 0.585. The smallest absolute Gasteiger partial charge is 0.120 e. The second-order valence-electron chi connectivity index (χ2n) is 5.27. The van der Waals surface area contributed by atoms with Crippen LogP contribution in [0, 0.1) is 0 Å². The summed E-state index contributed by atoms with van der Waals surface area (Å²) < 4.78 is 6.96. The lowest BCUT2D eigenvalue weighted by Crippen LogP contribution is -2.17. The van der Waals surface area contributed by atoms with Gasteiger partial charge in [0, 0.05) is 10.5 Å². The zero-order valence-corrected chi connectivity index (χ0v) is 12.9. The van der Waals surface area contributed by atoms with Gasteiger partial charge in [-0.25, -0.2) is 0 Å². The van der Waals surface area contributed by atoms with Gasteiger partial charge in [-0.15, -0.1) is 0 Å². The van der Waals surface area contributed by atoms with Crippen molar-refractivity contribution in [3.8, 4) is 5.75 Å². The molecule has 104 valence electrons. The number of benzene rings is 2. The molecule has 2 aromatic carbocycles. The van der Waals surface area contributed by atoms with E-state index in [4.69, 9.17) is 10.5 Å². The molecule has 0 aliphatic heterocycles. The molecule has 0 bridgehead atoms. The summed E-state index contributed by atoms with van der Waals surface area (Å²) in [6, 6.07) is 14.7. The fraction of sp³-hybridized carbons (Fsp3) is 0.294. The average molecular weight is 332 g/mol. The Kier molecular flexibility index (Phi) is 4.08.